The van der Waals surface area contributed by atoms with Gasteiger partial charge >= 0.3 is 17.9 Å². The SMILES string of the molecule is O=C(Oc1ccc(C2CC(=O)c3c(OC(=O)c4ccccc4)cc(OC(=O)c4ccccc4)cc3O2)cc1)c1ccccc1. The number of hydrogen-bond donors (Lipinski definition) is 0. The Morgan fingerprint density at radius 1 is 0.568 bits per heavy atom. The van der Waals surface area contributed by atoms with Crippen molar-refractivity contribution in [2.45, 2.75) is 12.5 Å². The molecule has 0 amide bonds. The second-order valence-corrected chi connectivity index (χ2v) is 9.86. The topological polar surface area (TPSA) is 105 Å². The van der Waals surface area contributed by atoms with Crippen molar-refractivity contribution in [2.24, 2.45) is 0 Å². The molecule has 1 aliphatic rings. The Hall–Kier alpha value is -6.02. The molecule has 0 saturated heterocycles. The van der Waals surface area contributed by atoms with E-state index < -0.39 is 24.0 Å². The van der Waals surface area contributed by atoms with Gasteiger partial charge in [-0.15, -0.1) is 0 Å². The average molecular weight is 585 g/mol. The zero-order valence-corrected chi connectivity index (χ0v) is 23.2. The van der Waals surface area contributed by atoms with Crippen LogP contribution >= 0.6 is 0 Å². The van der Waals surface area contributed by atoms with Gasteiger partial charge in [0, 0.05) is 12.1 Å². The lowest BCUT2D eigenvalue weighted by molar-refractivity contribution is 0.0714. The van der Waals surface area contributed by atoms with E-state index in [0.29, 0.717) is 22.4 Å². The number of carbonyl (C=O) groups excluding carboxylic acids is 4. The molecule has 0 aromatic heterocycles. The summed E-state index contributed by atoms with van der Waals surface area (Å²) in [6.45, 7) is 0. The highest BCUT2D eigenvalue weighted by atomic mass is 16.6. The third-order valence-corrected chi connectivity index (χ3v) is 6.86. The summed E-state index contributed by atoms with van der Waals surface area (Å²) in [4.78, 5) is 51.6. The van der Waals surface area contributed by atoms with Gasteiger partial charge in [0.15, 0.2) is 5.78 Å². The van der Waals surface area contributed by atoms with Crippen LogP contribution in [0, 0.1) is 0 Å². The molecule has 5 aromatic rings. The van der Waals surface area contributed by atoms with Crippen LogP contribution < -0.4 is 18.9 Å². The standard InChI is InChI=1S/C36H24O8/c37-29-22-30(23-16-18-27(19-17-23)41-34(38)24-10-4-1-5-11-24)43-31-20-28(42-35(39)25-12-6-2-7-13-25)21-32(33(29)31)44-36(40)26-14-8-3-9-15-26/h1-21,30H,22H2. The van der Waals surface area contributed by atoms with Crippen molar-refractivity contribution in [1.29, 1.82) is 0 Å². The fraction of sp³-hybridized carbons (Fsp3) is 0.0556. The Labute approximate surface area is 252 Å². The van der Waals surface area contributed by atoms with Crippen LogP contribution in [0.3, 0.4) is 0 Å². The normalized spacial score (nSPS) is 13.6. The highest BCUT2D eigenvalue weighted by molar-refractivity contribution is 6.04. The zero-order valence-electron chi connectivity index (χ0n) is 23.2. The summed E-state index contributed by atoms with van der Waals surface area (Å²) in [5.41, 5.74) is 1.73. The van der Waals surface area contributed by atoms with E-state index in [0.717, 1.165) is 0 Å². The van der Waals surface area contributed by atoms with Gasteiger partial charge in [0.05, 0.1) is 23.1 Å². The van der Waals surface area contributed by atoms with Crippen LogP contribution in [0.4, 0.5) is 0 Å². The lowest BCUT2D eigenvalue weighted by Gasteiger charge is -2.27. The molecule has 6 rings (SSSR count). The van der Waals surface area contributed by atoms with Crippen molar-refractivity contribution in [3.63, 3.8) is 0 Å². The van der Waals surface area contributed by atoms with Gasteiger partial charge in [0.1, 0.15) is 34.7 Å². The molecule has 1 unspecified atom stereocenters. The fourth-order valence-corrected chi connectivity index (χ4v) is 4.69. The first-order valence-corrected chi connectivity index (χ1v) is 13.7. The Morgan fingerprint density at radius 3 is 1.57 bits per heavy atom. The highest BCUT2D eigenvalue weighted by Gasteiger charge is 2.33. The molecule has 216 valence electrons. The second-order valence-electron chi connectivity index (χ2n) is 9.86. The van der Waals surface area contributed by atoms with Gasteiger partial charge in [-0.05, 0) is 54.1 Å². The average Bonchev–Trinajstić information content (AvgIpc) is 3.06. The van der Waals surface area contributed by atoms with Crippen LogP contribution in [0.2, 0.25) is 0 Å². The molecule has 0 aliphatic carbocycles. The van der Waals surface area contributed by atoms with E-state index in [9.17, 15) is 19.2 Å². The first kappa shape index (κ1) is 28.1. The first-order chi connectivity index (χ1) is 21.4. The summed E-state index contributed by atoms with van der Waals surface area (Å²) in [7, 11) is 0. The number of rotatable bonds is 7. The largest absolute Gasteiger partial charge is 0.484 e. The predicted molar refractivity (Wildman–Crippen MR) is 159 cm³/mol. The molecular formula is C36H24O8. The molecule has 0 bridgehead atoms. The van der Waals surface area contributed by atoms with E-state index in [-0.39, 0.29) is 40.6 Å². The van der Waals surface area contributed by atoms with Crippen LogP contribution in [-0.4, -0.2) is 23.7 Å². The number of Topliss-reactive ketones (excluding diaryl/α,β-unsaturated/α-hetero) is 1. The van der Waals surface area contributed by atoms with E-state index in [2.05, 4.69) is 0 Å². The summed E-state index contributed by atoms with van der Waals surface area (Å²) >= 11 is 0. The Kier molecular flexibility index (Phi) is 7.96. The van der Waals surface area contributed by atoms with E-state index in [1.165, 1.54) is 12.1 Å². The van der Waals surface area contributed by atoms with Crippen molar-refractivity contribution in [3.05, 3.63) is 155 Å². The monoisotopic (exact) mass is 584 g/mol. The highest BCUT2D eigenvalue weighted by Crippen LogP contribution is 2.43. The van der Waals surface area contributed by atoms with E-state index in [1.54, 1.807) is 109 Å². The summed E-state index contributed by atoms with van der Waals surface area (Å²) < 4.78 is 22.9. The van der Waals surface area contributed by atoms with Crippen molar-refractivity contribution in [2.75, 3.05) is 0 Å². The lowest BCUT2D eigenvalue weighted by atomic mass is 9.95. The summed E-state index contributed by atoms with van der Waals surface area (Å²) in [6, 6.07) is 34.7. The van der Waals surface area contributed by atoms with Gasteiger partial charge in [-0.3, -0.25) is 4.79 Å². The number of benzene rings is 5. The lowest BCUT2D eigenvalue weighted by Crippen LogP contribution is -2.22. The Morgan fingerprint density at radius 2 is 1.05 bits per heavy atom. The maximum absolute atomic E-state index is 13.5. The van der Waals surface area contributed by atoms with Crippen molar-refractivity contribution in [3.8, 4) is 23.0 Å². The molecule has 1 heterocycles. The third kappa shape index (κ3) is 6.24. The van der Waals surface area contributed by atoms with Crippen molar-refractivity contribution >= 4 is 23.7 Å². The molecule has 1 atom stereocenters. The molecule has 0 fully saturated rings. The van der Waals surface area contributed by atoms with Gasteiger partial charge in [-0.1, -0.05) is 66.7 Å². The van der Waals surface area contributed by atoms with Crippen LogP contribution in [0.1, 0.15) is 59.5 Å². The Bertz CT molecular complexity index is 1830. The minimum Gasteiger partial charge on any atom is -0.484 e. The van der Waals surface area contributed by atoms with Gasteiger partial charge in [-0.25, -0.2) is 14.4 Å². The molecular weight excluding hydrogens is 560 g/mol. The van der Waals surface area contributed by atoms with E-state index in [1.807, 2.05) is 6.07 Å². The van der Waals surface area contributed by atoms with E-state index in [4.69, 9.17) is 18.9 Å². The maximum atomic E-state index is 13.5. The summed E-state index contributed by atoms with van der Waals surface area (Å²) in [6.07, 6.45) is -0.749. The Balaban J connectivity index is 1.27. The van der Waals surface area contributed by atoms with Crippen LogP contribution in [-0.2, 0) is 0 Å². The quantitative estimate of drug-likeness (QED) is 0.148. The van der Waals surface area contributed by atoms with Crippen molar-refractivity contribution < 1.29 is 38.1 Å². The molecule has 0 spiro atoms. The first-order valence-electron chi connectivity index (χ1n) is 13.7. The predicted octanol–water partition coefficient (Wildman–Crippen LogP) is 7.05. The molecule has 8 nitrogen and oxygen atoms in total. The van der Waals surface area contributed by atoms with Gasteiger partial charge < -0.3 is 18.9 Å². The van der Waals surface area contributed by atoms with Gasteiger partial charge in [0.2, 0.25) is 0 Å². The number of carbonyl (C=O) groups is 4. The van der Waals surface area contributed by atoms with Gasteiger partial charge in [0.25, 0.3) is 0 Å². The zero-order chi connectivity index (χ0) is 30.5. The van der Waals surface area contributed by atoms with Gasteiger partial charge in [-0.2, -0.15) is 0 Å². The smallest absolute Gasteiger partial charge is 0.343 e. The minimum atomic E-state index is -0.702. The summed E-state index contributed by atoms with van der Waals surface area (Å²) in [5, 5.41) is 0. The molecule has 1 aliphatic heterocycles. The van der Waals surface area contributed by atoms with Crippen LogP contribution in [0.25, 0.3) is 0 Å². The molecule has 8 heteroatoms. The molecule has 44 heavy (non-hydrogen) atoms. The molecule has 0 saturated carbocycles. The molecule has 5 aromatic carbocycles. The maximum Gasteiger partial charge on any atom is 0.343 e. The second kappa shape index (κ2) is 12.5. The van der Waals surface area contributed by atoms with Crippen molar-refractivity contribution in [1.82, 2.24) is 0 Å². The number of hydrogen-bond acceptors (Lipinski definition) is 8. The number of esters is 3. The third-order valence-electron chi connectivity index (χ3n) is 6.86. The number of fused-ring (bicyclic) bond motifs is 1. The molecule has 0 radical (unpaired) electrons. The number of ketones is 1. The van der Waals surface area contributed by atoms with Crippen LogP contribution in [0.15, 0.2) is 127 Å². The van der Waals surface area contributed by atoms with Crippen LogP contribution in [0.5, 0.6) is 23.0 Å². The fourth-order valence-electron chi connectivity index (χ4n) is 4.69. The number of ether oxygens (including phenoxy) is 4. The van der Waals surface area contributed by atoms with E-state index >= 15 is 0 Å². The summed E-state index contributed by atoms with van der Waals surface area (Å²) in [5.74, 6) is -1.77. The molecule has 0 N–H and O–H groups in total. The minimum absolute atomic E-state index is 0.0325.